The second-order valence-electron chi connectivity index (χ2n) is 7.60. The molecule has 31 heavy (non-hydrogen) atoms. The van der Waals surface area contributed by atoms with Crippen LogP contribution in [-0.4, -0.2) is 30.0 Å². The molecule has 3 aromatic rings. The van der Waals surface area contributed by atoms with E-state index in [9.17, 15) is 13.6 Å². The van der Waals surface area contributed by atoms with Crippen molar-refractivity contribution < 1.29 is 13.6 Å². The first-order valence-corrected chi connectivity index (χ1v) is 10.3. The Morgan fingerprint density at radius 2 is 1.87 bits per heavy atom. The molecule has 0 atom stereocenters. The number of benzene rings is 2. The first-order chi connectivity index (χ1) is 15.1. The van der Waals surface area contributed by atoms with Crippen LogP contribution in [0.25, 0.3) is 0 Å². The van der Waals surface area contributed by atoms with Gasteiger partial charge in [-0.2, -0.15) is 0 Å². The fourth-order valence-electron chi connectivity index (χ4n) is 3.76. The number of halogens is 2. The van der Waals surface area contributed by atoms with E-state index in [1.54, 1.807) is 24.4 Å². The number of pyridine rings is 1. The summed E-state index contributed by atoms with van der Waals surface area (Å²) >= 11 is 0. The van der Waals surface area contributed by atoms with Gasteiger partial charge in [0, 0.05) is 55.0 Å². The molecule has 7 heteroatoms. The van der Waals surface area contributed by atoms with E-state index in [1.807, 2.05) is 24.3 Å². The van der Waals surface area contributed by atoms with Gasteiger partial charge in [-0.3, -0.25) is 9.78 Å². The van der Waals surface area contributed by atoms with Crippen LogP contribution in [0.5, 0.6) is 0 Å². The lowest BCUT2D eigenvalue weighted by Crippen LogP contribution is -2.42. The third-order valence-electron chi connectivity index (χ3n) is 5.50. The molecule has 0 aliphatic carbocycles. The zero-order chi connectivity index (χ0) is 21.6. The van der Waals surface area contributed by atoms with Crippen LogP contribution in [-0.2, 0) is 6.54 Å². The number of nitrogens with one attached hydrogen (secondary N) is 2. The summed E-state index contributed by atoms with van der Waals surface area (Å²) in [6.07, 6.45) is 4.95. The van der Waals surface area contributed by atoms with Crippen molar-refractivity contribution in [2.45, 2.75) is 25.4 Å². The van der Waals surface area contributed by atoms with Gasteiger partial charge < -0.3 is 15.5 Å². The Hall–Kier alpha value is -3.32. The Morgan fingerprint density at radius 1 is 1.06 bits per heavy atom. The van der Waals surface area contributed by atoms with E-state index in [0.29, 0.717) is 17.7 Å². The largest absolute Gasteiger partial charge is 0.371 e. The molecule has 2 N–H and O–H groups in total. The average Bonchev–Trinajstić information content (AvgIpc) is 2.81. The van der Waals surface area contributed by atoms with Gasteiger partial charge in [0.05, 0.1) is 5.56 Å². The fourth-order valence-corrected chi connectivity index (χ4v) is 3.76. The Kier molecular flexibility index (Phi) is 6.52. The number of amides is 1. The number of carbonyl (C=O) groups excluding carboxylic acids is 1. The molecule has 0 saturated carbocycles. The number of carbonyl (C=O) groups is 1. The molecular weight excluding hydrogens is 398 g/mol. The van der Waals surface area contributed by atoms with E-state index in [1.165, 1.54) is 12.3 Å². The number of aromatic nitrogens is 1. The maximum absolute atomic E-state index is 13.8. The third kappa shape index (κ3) is 5.24. The number of piperidine rings is 1. The van der Waals surface area contributed by atoms with Gasteiger partial charge in [0.1, 0.15) is 0 Å². The molecule has 0 radical (unpaired) electrons. The van der Waals surface area contributed by atoms with E-state index in [0.717, 1.165) is 43.4 Å². The monoisotopic (exact) mass is 422 g/mol. The molecule has 2 heterocycles. The van der Waals surface area contributed by atoms with Crippen molar-refractivity contribution >= 4 is 17.3 Å². The number of anilines is 2. The van der Waals surface area contributed by atoms with Crippen molar-refractivity contribution in [2.75, 3.05) is 23.3 Å². The molecular formula is C24H24F2N4O. The molecule has 5 nitrogen and oxygen atoms in total. The van der Waals surface area contributed by atoms with Gasteiger partial charge in [-0.25, -0.2) is 8.78 Å². The second kappa shape index (κ2) is 9.66. The highest BCUT2D eigenvalue weighted by Crippen LogP contribution is 2.24. The molecule has 1 aromatic heterocycles. The molecule has 2 aromatic carbocycles. The Morgan fingerprint density at radius 3 is 2.65 bits per heavy atom. The predicted octanol–water partition coefficient (Wildman–Crippen LogP) is 4.37. The van der Waals surface area contributed by atoms with E-state index in [-0.39, 0.29) is 11.9 Å². The van der Waals surface area contributed by atoms with Crippen LogP contribution in [0, 0.1) is 11.6 Å². The number of hydrogen-bond donors (Lipinski definition) is 2. The average molecular weight is 422 g/mol. The van der Waals surface area contributed by atoms with E-state index >= 15 is 0 Å². The molecule has 1 aliphatic heterocycles. The van der Waals surface area contributed by atoms with Crippen LogP contribution in [0.15, 0.2) is 67.0 Å². The summed E-state index contributed by atoms with van der Waals surface area (Å²) < 4.78 is 27.2. The highest BCUT2D eigenvalue weighted by molar-refractivity contribution is 6.04. The molecule has 4 rings (SSSR count). The van der Waals surface area contributed by atoms with E-state index < -0.39 is 11.6 Å². The smallest absolute Gasteiger partial charge is 0.257 e. The van der Waals surface area contributed by atoms with Gasteiger partial charge in [-0.05, 0) is 49.2 Å². The minimum atomic E-state index is -0.815. The molecule has 0 spiro atoms. The van der Waals surface area contributed by atoms with Crippen molar-refractivity contribution in [3.63, 3.8) is 0 Å². The predicted molar refractivity (Wildman–Crippen MR) is 117 cm³/mol. The number of hydrogen-bond acceptors (Lipinski definition) is 4. The third-order valence-corrected chi connectivity index (χ3v) is 5.50. The Bertz CT molecular complexity index is 1040. The molecule has 1 fully saturated rings. The van der Waals surface area contributed by atoms with Crippen LogP contribution in [0.2, 0.25) is 0 Å². The van der Waals surface area contributed by atoms with Gasteiger partial charge in [0.2, 0.25) is 0 Å². The summed E-state index contributed by atoms with van der Waals surface area (Å²) in [7, 11) is 0. The van der Waals surface area contributed by atoms with Crippen LogP contribution in [0.4, 0.5) is 20.2 Å². The molecule has 160 valence electrons. The summed E-state index contributed by atoms with van der Waals surface area (Å²) in [6, 6.07) is 15.7. The zero-order valence-electron chi connectivity index (χ0n) is 17.0. The summed E-state index contributed by atoms with van der Waals surface area (Å²) in [6.45, 7) is 1.98. The maximum Gasteiger partial charge on any atom is 0.257 e. The first kappa shape index (κ1) is 20.9. The lowest BCUT2D eigenvalue weighted by Gasteiger charge is -2.34. The zero-order valence-corrected chi connectivity index (χ0v) is 17.0. The normalized spacial score (nSPS) is 14.5. The van der Waals surface area contributed by atoms with E-state index in [2.05, 4.69) is 20.5 Å². The quantitative estimate of drug-likeness (QED) is 0.619. The number of rotatable bonds is 6. The van der Waals surface area contributed by atoms with Crippen molar-refractivity contribution in [3.8, 4) is 0 Å². The SMILES string of the molecule is O=C(Nc1cccc(N2CCC(NCc3cccc(F)c3F)CC2)c1)c1cccnc1. The van der Waals surface area contributed by atoms with Crippen LogP contribution in [0.3, 0.4) is 0 Å². The minimum Gasteiger partial charge on any atom is -0.371 e. The van der Waals surface area contributed by atoms with Crippen molar-refractivity contribution in [3.05, 3.63) is 89.8 Å². The van der Waals surface area contributed by atoms with Gasteiger partial charge in [0.25, 0.3) is 5.91 Å². The van der Waals surface area contributed by atoms with E-state index in [4.69, 9.17) is 0 Å². The summed E-state index contributed by atoms with van der Waals surface area (Å²) in [5.74, 6) is -1.79. The molecule has 1 amide bonds. The van der Waals surface area contributed by atoms with Crippen LogP contribution in [0.1, 0.15) is 28.8 Å². The van der Waals surface area contributed by atoms with Crippen molar-refractivity contribution in [2.24, 2.45) is 0 Å². The van der Waals surface area contributed by atoms with Crippen LogP contribution >= 0.6 is 0 Å². The lowest BCUT2D eigenvalue weighted by atomic mass is 10.0. The van der Waals surface area contributed by atoms with Gasteiger partial charge in [-0.15, -0.1) is 0 Å². The van der Waals surface area contributed by atoms with Crippen molar-refractivity contribution in [1.29, 1.82) is 0 Å². The standard InChI is InChI=1S/C24H24F2N4O/c25-22-8-1-4-17(23(22)26)16-28-19-9-12-30(13-10-19)21-7-2-6-20(14-21)29-24(31)18-5-3-11-27-15-18/h1-8,11,14-15,19,28H,9-10,12-13,16H2,(H,29,31). The van der Waals surface area contributed by atoms with Crippen molar-refractivity contribution in [1.82, 2.24) is 10.3 Å². The van der Waals surface area contributed by atoms with Crippen LogP contribution < -0.4 is 15.5 Å². The highest BCUT2D eigenvalue weighted by atomic mass is 19.2. The summed E-state index contributed by atoms with van der Waals surface area (Å²) in [5, 5.41) is 6.25. The molecule has 1 saturated heterocycles. The Balaban J connectivity index is 1.31. The summed E-state index contributed by atoms with van der Waals surface area (Å²) in [4.78, 5) is 18.6. The summed E-state index contributed by atoms with van der Waals surface area (Å²) in [5.41, 5.74) is 2.63. The maximum atomic E-state index is 13.8. The van der Waals surface area contributed by atoms with Gasteiger partial charge in [-0.1, -0.05) is 18.2 Å². The minimum absolute atomic E-state index is 0.197. The topological polar surface area (TPSA) is 57.3 Å². The lowest BCUT2D eigenvalue weighted by molar-refractivity contribution is 0.102. The molecule has 0 unspecified atom stereocenters. The first-order valence-electron chi connectivity index (χ1n) is 10.3. The van der Waals surface area contributed by atoms with Gasteiger partial charge >= 0.3 is 0 Å². The highest BCUT2D eigenvalue weighted by Gasteiger charge is 2.20. The molecule has 1 aliphatic rings. The van der Waals surface area contributed by atoms with Gasteiger partial charge in [0.15, 0.2) is 11.6 Å². The fraction of sp³-hybridized carbons (Fsp3) is 0.250. The molecule has 0 bridgehead atoms. The number of nitrogens with zero attached hydrogens (tertiary/aromatic N) is 2. The second-order valence-corrected chi connectivity index (χ2v) is 7.60. The Labute approximate surface area is 180 Å².